The summed E-state index contributed by atoms with van der Waals surface area (Å²) >= 11 is 0. The molecule has 0 atom stereocenters. The normalized spacial score (nSPS) is 11.3. The van der Waals surface area contributed by atoms with Crippen molar-refractivity contribution in [3.63, 3.8) is 0 Å². The fourth-order valence-corrected chi connectivity index (χ4v) is 7.49. The molecule has 48 heavy (non-hydrogen) atoms. The van der Waals surface area contributed by atoms with Crippen LogP contribution in [0.3, 0.4) is 0 Å². The molecule has 0 aliphatic heterocycles. The molecule has 9 aromatic rings. The van der Waals surface area contributed by atoms with E-state index < -0.39 is 0 Å². The Hall–Kier alpha value is -6.24. The van der Waals surface area contributed by atoms with Crippen LogP contribution in [0.15, 0.2) is 194 Å². The number of fused-ring (bicyclic) bond motifs is 3. The van der Waals surface area contributed by atoms with Gasteiger partial charge in [-0.3, -0.25) is 0 Å². The first-order valence-corrected chi connectivity index (χ1v) is 16.6. The number of hydrogen-bond donors (Lipinski definition) is 0. The molecular formula is C48H32. The fourth-order valence-electron chi connectivity index (χ4n) is 7.49. The van der Waals surface area contributed by atoms with E-state index in [1.165, 1.54) is 88.0 Å². The topological polar surface area (TPSA) is 0 Å². The third-order valence-electron chi connectivity index (χ3n) is 9.66. The van der Waals surface area contributed by atoms with Gasteiger partial charge in [-0.1, -0.05) is 182 Å². The summed E-state index contributed by atoms with van der Waals surface area (Å²) in [6, 6.07) is 70.7. The van der Waals surface area contributed by atoms with Crippen LogP contribution in [0.5, 0.6) is 0 Å². The zero-order valence-corrected chi connectivity index (χ0v) is 26.5. The second-order valence-electron chi connectivity index (χ2n) is 12.4. The maximum absolute atomic E-state index is 2.36. The maximum atomic E-state index is 2.36. The van der Waals surface area contributed by atoms with Gasteiger partial charge in [-0.2, -0.15) is 0 Å². The van der Waals surface area contributed by atoms with Gasteiger partial charge in [-0.25, -0.2) is 0 Å². The molecule has 0 unspecified atom stereocenters. The molecule has 0 aliphatic carbocycles. The maximum Gasteiger partial charge on any atom is -0.00201 e. The van der Waals surface area contributed by atoms with Crippen LogP contribution in [0.1, 0.15) is 0 Å². The van der Waals surface area contributed by atoms with E-state index in [1.807, 2.05) is 0 Å². The molecule has 0 aliphatic rings. The highest BCUT2D eigenvalue weighted by Gasteiger charge is 2.19. The molecule has 0 fully saturated rings. The predicted molar refractivity (Wildman–Crippen MR) is 206 cm³/mol. The molecule has 0 saturated heterocycles. The van der Waals surface area contributed by atoms with Gasteiger partial charge in [0, 0.05) is 0 Å². The van der Waals surface area contributed by atoms with Crippen molar-refractivity contribution in [3.05, 3.63) is 194 Å². The van der Waals surface area contributed by atoms with Crippen LogP contribution in [-0.2, 0) is 0 Å². The van der Waals surface area contributed by atoms with Crippen LogP contribution in [0, 0.1) is 0 Å². The van der Waals surface area contributed by atoms with Gasteiger partial charge in [0.1, 0.15) is 0 Å². The predicted octanol–water partition coefficient (Wildman–Crippen LogP) is 13.5. The Bertz CT molecular complexity index is 2550. The summed E-state index contributed by atoms with van der Waals surface area (Å²) in [5.74, 6) is 0. The largest absolute Gasteiger partial charge is 0.0622 e. The lowest BCUT2D eigenvalue weighted by Gasteiger charge is -2.20. The van der Waals surface area contributed by atoms with Crippen molar-refractivity contribution in [2.45, 2.75) is 0 Å². The van der Waals surface area contributed by atoms with Gasteiger partial charge in [-0.05, 0) is 100 Å². The van der Waals surface area contributed by atoms with E-state index in [4.69, 9.17) is 0 Å². The number of benzene rings is 9. The molecular weight excluding hydrogens is 577 g/mol. The highest BCUT2D eigenvalue weighted by atomic mass is 14.2. The summed E-state index contributed by atoms with van der Waals surface area (Å²) < 4.78 is 0. The van der Waals surface area contributed by atoms with Crippen LogP contribution < -0.4 is 0 Å². The minimum atomic E-state index is 1.21. The Morgan fingerprint density at radius 1 is 0.208 bits per heavy atom. The molecule has 0 amide bonds. The Morgan fingerprint density at radius 2 is 0.604 bits per heavy atom. The minimum Gasteiger partial charge on any atom is -0.0622 e. The molecule has 0 N–H and O–H groups in total. The third kappa shape index (κ3) is 4.78. The molecule has 0 radical (unpaired) electrons. The smallest absolute Gasteiger partial charge is 0.00201 e. The highest BCUT2D eigenvalue weighted by molar-refractivity contribution is 6.23. The summed E-state index contributed by atoms with van der Waals surface area (Å²) in [5, 5.41) is 7.56. The zero-order chi connectivity index (χ0) is 31.9. The van der Waals surface area contributed by atoms with Crippen molar-refractivity contribution < 1.29 is 0 Å². The van der Waals surface area contributed by atoms with E-state index in [1.54, 1.807) is 0 Å². The Morgan fingerprint density at radius 3 is 1.27 bits per heavy atom. The van der Waals surface area contributed by atoms with Crippen LogP contribution in [-0.4, -0.2) is 0 Å². The highest BCUT2D eigenvalue weighted by Crippen LogP contribution is 2.47. The lowest BCUT2D eigenvalue weighted by molar-refractivity contribution is 1.58. The molecule has 224 valence electrons. The van der Waals surface area contributed by atoms with Crippen molar-refractivity contribution in [2.75, 3.05) is 0 Å². The standard InChI is InChI=1S/C48H32/c1-2-15-33(16-3-1)35-19-12-20-36(31-35)37-21-13-22-38(32-37)47-43-26-8-10-28-45(43)48(46-29-11-9-27-44(46)47)42-25-7-6-24-41(42)40-30-14-18-34-17-4-5-23-39(34)40/h1-32H. The monoisotopic (exact) mass is 608 g/mol. The quantitative estimate of drug-likeness (QED) is 0.171. The van der Waals surface area contributed by atoms with Gasteiger partial charge in [0.2, 0.25) is 0 Å². The Balaban J connectivity index is 1.28. The molecule has 0 spiro atoms. The van der Waals surface area contributed by atoms with E-state index in [-0.39, 0.29) is 0 Å². The zero-order valence-electron chi connectivity index (χ0n) is 26.5. The van der Waals surface area contributed by atoms with Gasteiger partial charge < -0.3 is 0 Å². The molecule has 0 nitrogen and oxygen atoms in total. The first-order chi connectivity index (χ1) is 23.8. The summed E-state index contributed by atoms with van der Waals surface area (Å²) in [4.78, 5) is 0. The second kappa shape index (κ2) is 11.8. The number of hydrogen-bond acceptors (Lipinski definition) is 0. The van der Waals surface area contributed by atoms with E-state index >= 15 is 0 Å². The molecule has 0 bridgehead atoms. The van der Waals surface area contributed by atoms with E-state index in [2.05, 4.69) is 194 Å². The summed E-state index contributed by atoms with van der Waals surface area (Å²) in [7, 11) is 0. The van der Waals surface area contributed by atoms with Crippen LogP contribution >= 0.6 is 0 Å². The van der Waals surface area contributed by atoms with Crippen molar-refractivity contribution in [1.29, 1.82) is 0 Å². The van der Waals surface area contributed by atoms with Gasteiger partial charge in [0.25, 0.3) is 0 Å². The van der Waals surface area contributed by atoms with Gasteiger partial charge >= 0.3 is 0 Å². The summed E-state index contributed by atoms with van der Waals surface area (Å²) in [6.45, 7) is 0. The van der Waals surface area contributed by atoms with E-state index in [0.717, 1.165) is 0 Å². The average Bonchev–Trinajstić information content (AvgIpc) is 3.17. The first kappa shape index (κ1) is 28.0. The van der Waals surface area contributed by atoms with E-state index in [0.29, 0.717) is 0 Å². The first-order valence-electron chi connectivity index (χ1n) is 16.6. The Kier molecular flexibility index (Phi) is 6.91. The van der Waals surface area contributed by atoms with Crippen LogP contribution in [0.25, 0.3) is 88.0 Å². The third-order valence-corrected chi connectivity index (χ3v) is 9.66. The van der Waals surface area contributed by atoms with Crippen molar-refractivity contribution >= 4 is 32.3 Å². The molecule has 0 heteroatoms. The van der Waals surface area contributed by atoms with Gasteiger partial charge in [0.05, 0.1) is 0 Å². The van der Waals surface area contributed by atoms with Gasteiger partial charge in [0.15, 0.2) is 0 Å². The number of rotatable bonds is 5. The molecule has 0 heterocycles. The second-order valence-corrected chi connectivity index (χ2v) is 12.4. The van der Waals surface area contributed by atoms with Crippen molar-refractivity contribution in [1.82, 2.24) is 0 Å². The average molecular weight is 609 g/mol. The molecule has 9 aromatic carbocycles. The summed E-state index contributed by atoms with van der Waals surface area (Å²) in [5.41, 5.74) is 12.4. The lowest BCUT2D eigenvalue weighted by atomic mass is 9.83. The van der Waals surface area contributed by atoms with Crippen LogP contribution in [0.4, 0.5) is 0 Å². The van der Waals surface area contributed by atoms with Crippen LogP contribution in [0.2, 0.25) is 0 Å². The van der Waals surface area contributed by atoms with Crippen molar-refractivity contribution in [2.24, 2.45) is 0 Å². The van der Waals surface area contributed by atoms with Gasteiger partial charge in [-0.15, -0.1) is 0 Å². The van der Waals surface area contributed by atoms with Crippen molar-refractivity contribution in [3.8, 4) is 55.6 Å². The lowest BCUT2D eigenvalue weighted by Crippen LogP contribution is -1.93. The molecule has 0 aromatic heterocycles. The Labute approximate surface area is 281 Å². The molecule has 9 rings (SSSR count). The molecule has 0 saturated carbocycles. The fraction of sp³-hybridized carbons (Fsp3) is 0. The minimum absolute atomic E-state index is 1.21. The summed E-state index contributed by atoms with van der Waals surface area (Å²) in [6.07, 6.45) is 0. The van der Waals surface area contributed by atoms with E-state index in [9.17, 15) is 0 Å². The SMILES string of the molecule is c1ccc(-c2cccc(-c3cccc(-c4c5ccccc5c(-c5ccccc5-c5cccc6ccccc56)c5ccccc45)c3)c2)cc1.